The second-order valence-corrected chi connectivity index (χ2v) is 4.58. The number of hydrogen-bond donors (Lipinski definition) is 1. The Labute approximate surface area is 105 Å². The van der Waals surface area contributed by atoms with Crippen LogP contribution in [0.5, 0.6) is 0 Å². The Morgan fingerprint density at radius 1 is 1.56 bits per heavy atom. The highest BCUT2D eigenvalue weighted by atomic mass is 19.1. The lowest BCUT2D eigenvalue weighted by Crippen LogP contribution is -2.38. The Balaban J connectivity index is 2.20. The predicted octanol–water partition coefficient (Wildman–Crippen LogP) is 1.91. The van der Waals surface area contributed by atoms with Crippen molar-refractivity contribution in [1.82, 2.24) is 0 Å². The van der Waals surface area contributed by atoms with E-state index in [-0.39, 0.29) is 5.69 Å². The van der Waals surface area contributed by atoms with Gasteiger partial charge in [0, 0.05) is 19.2 Å². The van der Waals surface area contributed by atoms with Gasteiger partial charge < -0.3 is 10.6 Å². The van der Waals surface area contributed by atoms with E-state index in [1.165, 1.54) is 12.1 Å². The molecule has 2 N–H and O–H groups in total. The molecule has 1 atom stereocenters. The van der Waals surface area contributed by atoms with Crippen LogP contribution in [0.3, 0.4) is 0 Å². The summed E-state index contributed by atoms with van der Waals surface area (Å²) in [5.74, 6) is -0.171. The van der Waals surface area contributed by atoms with Crippen LogP contribution in [0.25, 0.3) is 0 Å². The first kappa shape index (κ1) is 12.8. The van der Waals surface area contributed by atoms with Gasteiger partial charge in [-0.05, 0) is 31.4 Å². The van der Waals surface area contributed by atoms with Crippen LogP contribution in [0.1, 0.15) is 12.8 Å². The zero-order valence-electron chi connectivity index (χ0n) is 10.0. The fourth-order valence-corrected chi connectivity index (χ4v) is 2.34. The number of halogens is 1. The monoisotopic (exact) mass is 253 g/mol. The highest BCUT2D eigenvalue weighted by Crippen LogP contribution is 2.27. The normalized spacial score (nSPS) is 19.9. The van der Waals surface area contributed by atoms with Gasteiger partial charge in [-0.3, -0.25) is 10.1 Å². The smallest absolute Gasteiger partial charge is 0.272 e. The van der Waals surface area contributed by atoms with Gasteiger partial charge in [0.25, 0.3) is 5.69 Å². The number of rotatable bonds is 3. The number of nitro groups is 1. The molecule has 1 aliphatic rings. The third kappa shape index (κ3) is 2.59. The Hall–Kier alpha value is -1.69. The summed E-state index contributed by atoms with van der Waals surface area (Å²) in [5, 5.41) is 10.5. The molecule has 0 aromatic heterocycles. The maximum Gasteiger partial charge on any atom is 0.272 e. The van der Waals surface area contributed by atoms with Crippen LogP contribution in [0.2, 0.25) is 0 Å². The summed E-state index contributed by atoms with van der Waals surface area (Å²) in [6.45, 7) is 2.07. The van der Waals surface area contributed by atoms with Gasteiger partial charge in [-0.25, -0.2) is 4.39 Å². The molecule has 0 amide bonds. The first-order valence-electron chi connectivity index (χ1n) is 6.00. The molecule has 0 aliphatic carbocycles. The van der Waals surface area contributed by atoms with Gasteiger partial charge in [0.05, 0.1) is 16.7 Å². The van der Waals surface area contributed by atoms with E-state index in [0.717, 1.165) is 25.5 Å². The van der Waals surface area contributed by atoms with E-state index < -0.39 is 10.7 Å². The first-order chi connectivity index (χ1) is 8.61. The van der Waals surface area contributed by atoms with Crippen molar-refractivity contribution in [2.75, 3.05) is 24.5 Å². The van der Waals surface area contributed by atoms with Gasteiger partial charge in [0.2, 0.25) is 0 Å². The molecule has 98 valence electrons. The van der Waals surface area contributed by atoms with Gasteiger partial charge in [-0.1, -0.05) is 0 Å². The molecule has 6 heteroatoms. The summed E-state index contributed by atoms with van der Waals surface area (Å²) >= 11 is 0. The average Bonchev–Trinajstić information content (AvgIpc) is 2.38. The van der Waals surface area contributed by atoms with Gasteiger partial charge in [0.1, 0.15) is 0 Å². The first-order valence-corrected chi connectivity index (χ1v) is 6.00. The molecule has 1 unspecified atom stereocenters. The fraction of sp³-hybridized carbons (Fsp3) is 0.500. The molecular formula is C12H16FN3O2. The van der Waals surface area contributed by atoms with Crippen molar-refractivity contribution in [3.63, 3.8) is 0 Å². The highest BCUT2D eigenvalue weighted by molar-refractivity contribution is 5.52. The van der Waals surface area contributed by atoms with Crippen molar-refractivity contribution < 1.29 is 9.31 Å². The van der Waals surface area contributed by atoms with Crippen molar-refractivity contribution >= 4 is 11.4 Å². The maximum atomic E-state index is 13.8. The van der Waals surface area contributed by atoms with E-state index in [4.69, 9.17) is 5.73 Å². The summed E-state index contributed by atoms with van der Waals surface area (Å²) in [5.41, 5.74) is 5.85. The molecule has 18 heavy (non-hydrogen) atoms. The van der Waals surface area contributed by atoms with Crippen LogP contribution in [-0.2, 0) is 0 Å². The summed E-state index contributed by atoms with van der Waals surface area (Å²) in [4.78, 5) is 11.9. The zero-order chi connectivity index (χ0) is 13.1. The van der Waals surface area contributed by atoms with Crippen LogP contribution in [-0.4, -0.2) is 24.6 Å². The van der Waals surface area contributed by atoms with E-state index in [1.807, 2.05) is 4.90 Å². The lowest BCUT2D eigenvalue weighted by molar-refractivity contribution is -0.385. The minimum Gasteiger partial charge on any atom is -0.369 e. The lowest BCUT2D eigenvalue weighted by Gasteiger charge is -2.33. The largest absolute Gasteiger partial charge is 0.369 e. The lowest BCUT2D eigenvalue weighted by atomic mass is 9.98. The van der Waals surface area contributed by atoms with Gasteiger partial charge >= 0.3 is 0 Å². The van der Waals surface area contributed by atoms with Crippen molar-refractivity contribution in [3.8, 4) is 0 Å². The molecule has 5 nitrogen and oxygen atoms in total. The van der Waals surface area contributed by atoms with Gasteiger partial charge in [-0.15, -0.1) is 0 Å². The van der Waals surface area contributed by atoms with Crippen molar-refractivity contribution in [2.24, 2.45) is 11.7 Å². The molecule has 1 heterocycles. The molecule has 1 aromatic rings. The molecule has 1 saturated heterocycles. The van der Waals surface area contributed by atoms with Crippen molar-refractivity contribution in [3.05, 3.63) is 34.1 Å². The summed E-state index contributed by atoms with van der Waals surface area (Å²) in [6, 6.07) is 3.79. The molecule has 0 spiro atoms. The Kier molecular flexibility index (Phi) is 3.76. The predicted molar refractivity (Wildman–Crippen MR) is 67.0 cm³/mol. The molecule has 0 bridgehead atoms. The average molecular weight is 253 g/mol. The van der Waals surface area contributed by atoms with E-state index in [0.29, 0.717) is 24.7 Å². The molecule has 1 aliphatic heterocycles. The molecule has 0 saturated carbocycles. The van der Waals surface area contributed by atoms with Crippen LogP contribution in [0, 0.1) is 21.8 Å². The number of nitrogens with two attached hydrogens (primary N) is 1. The zero-order valence-corrected chi connectivity index (χ0v) is 10.0. The third-order valence-corrected chi connectivity index (χ3v) is 3.34. The molecular weight excluding hydrogens is 237 g/mol. The quantitative estimate of drug-likeness (QED) is 0.659. The Bertz CT molecular complexity index is 453. The summed E-state index contributed by atoms with van der Waals surface area (Å²) < 4.78 is 13.8. The number of hydrogen-bond acceptors (Lipinski definition) is 4. The second-order valence-electron chi connectivity index (χ2n) is 4.58. The van der Waals surface area contributed by atoms with Crippen LogP contribution >= 0.6 is 0 Å². The number of piperidine rings is 1. The number of non-ortho nitro benzene ring substituents is 1. The van der Waals surface area contributed by atoms with E-state index >= 15 is 0 Å². The second kappa shape index (κ2) is 5.30. The SMILES string of the molecule is NCC1CCCN(c2ccc([N+](=O)[O-])cc2F)C1. The van der Waals surface area contributed by atoms with Crippen molar-refractivity contribution in [2.45, 2.75) is 12.8 Å². The molecule has 1 aromatic carbocycles. The Morgan fingerprint density at radius 2 is 2.33 bits per heavy atom. The molecule has 1 fully saturated rings. The van der Waals surface area contributed by atoms with E-state index in [1.54, 1.807) is 0 Å². The third-order valence-electron chi connectivity index (χ3n) is 3.34. The minimum atomic E-state index is -0.592. The number of nitrogens with zero attached hydrogens (tertiary/aromatic N) is 2. The number of benzene rings is 1. The molecule has 2 rings (SSSR count). The standard InChI is InChI=1S/C12H16FN3O2/c13-11-6-10(16(17)18)3-4-12(11)15-5-1-2-9(7-14)8-15/h3-4,6,9H,1-2,5,7-8,14H2. The van der Waals surface area contributed by atoms with Gasteiger partial charge in [0.15, 0.2) is 5.82 Å². The topological polar surface area (TPSA) is 72.4 Å². The summed E-state index contributed by atoms with van der Waals surface area (Å²) in [7, 11) is 0. The molecule has 0 radical (unpaired) electrons. The minimum absolute atomic E-state index is 0.219. The van der Waals surface area contributed by atoms with Crippen LogP contribution < -0.4 is 10.6 Å². The van der Waals surface area contributed by atoms with Gasteiger partial charge in [-0.2, -0.15) is 0 Å². The van der Waals surface area contributed by atoms with Crippen LogP contribution in [0.15, 0.2) is 18.2 Å². The number of nitro benzene ring substituents is 1. The highest BCUT2D eigenvalue weighted by Gasteiger charge is 2.22. The fourth-order valence-electron chi connectivity index (χ4n) is 2.34. The van der Waals surface area contributed by atoms with E-state index in [9.17, 15) is 14.5 Å². The van der Waals surface area contributed by atoms with E-state index in [2.05, 4.69) is 0 Å². The summed E-state index contributed by atoms with van der Waals surface area (Å²) in [6.07, 6.45) is 2.03. The Morgan fingerprint density at radius 3 is 2.94 bits per heavy atom. The number of anilines is 1. The van der Waals surface area contributed by atoms with Crippen LogP contribution in [0.4, 0.5) is 15.8 Å². The maximum absolute atomic E-state index is 13.8. The van der Waals surface area contributed by atoms with Crippen molar-refractivity contribution in [1.29, 1.82) is 0 Å².